The fourth-order valence-corrected chi connectivity index (χ4v) is 2.09. The molecule has 1 rings (SSSR count). The zero-order valence-electron chi connectivity index (χ0n) is 11.3. The second-order valence-electron chi connectivity index (χ2n) is 4.53. The smallest absolute Gasteiger partial charge is 0.317 e. The number of carboxylic acid groups (broad SMARTS) is 1. The van der Waals surface area contributed by atoms with Gasteiger partial charge in [0.15, 0.2) is 0 Å². The van der Waals surface area contributed by atoms with Crippen LogP contribution in [0.4, 0.5) is 0 Å². The van der Waals surface area contributed by atoms with Gasteiger partial charge in [0, 0.05) is 25.2 Å². The predicted molar refractivity (Wildman–Crippen MR) is 70.8 cm³/mol. The maximum atomic E-state index is 10.9. The molecule has 0 saturated heterocycles. The van der Waals surface area contributed by atoms with E-state index in [1.54, 1.807) is 11.7 Å². The third-order valence-electron chi connectivity index (χ3n) is 3.18. The standard InChI is InChI=1S/C12H20ClN3O2/c1-5-8(2)16(7-11(17)18)6-10-9(3)14-15(4)12(10)13/h8H,5-7H2,1-4H3,(H,17,18). The fraction of sp³-hybridized carbons (Fsp3) is 0.667. The first-order valence-electron chi connectivity index (χ1n) is 6.00. The highest BCUT2D eigenvalue weighted by atomic mass is 35.5. The van der Waals surface area contributed by atoms with E-state index < -0.39 is 5.97 Å². The van der Waals surface area contributed by atoms with E-state index in [0.717, 1.165) is 17.7 Å². The Balaban J connectivity index is 2.91. The molecule has 1 unspecified atom stereocenters. The molecule has 0 bridgehead atoms. The first-order valence-corrected chi connectivity index (χ1v) is 6.38. The molecular formula is C12H20ClN3O2. The SMILES string of the molecule is CCC(C)N(CC(=O)O)Cc1c(C)nn(C)c1Cl. The van der Waals surface area contributed by atoms with Crippen LogP contribution in [0, 0.1) is 6.92 Å². The third-order valence-corrected chi connectivity index (χ3v) is 3.66. The number of aromatic nitrogens is 2. The van der Waals surface area contributed by atoms with Crippen molar-refractivity contribution in [1.82, 2.24) is 14.7 Å². The molecule has 0 saturated carbocycles. The van der Waals surface area contributed by atoms with Gasteiger partial charge >= 0.3 is 5.97 Å². The second-order valence-corrected chi connectivity index (χ2v) is 4.89. The number of hydrogen-bond acceptors (Lipinski definition) is 3. The molecule has 0 aliphatic carbocycles. The summed E-state index contributed by atoms with van der Waals surface area (Å²) in [7, 11) is 1.78. The van der Waals surface area contributed by atoms with Crippen LogP contribution in [-0.4, -0.2) is 38.3 Å². The first kappa shape index (κ1) is 15.0. The average molecular weight is 274 g/mol. The molecule has 1 heterocycles. The van der Waals surface area contributed by atoms with E-state index in [1.165, 1.54) is 0 Å². The molecule has 1 aromatic heterocycles. The summed E-state index contributed by atoms with van der Waals surface area (Å²) in [5, 5.41) is 13.8. The number of aryl methyl sites for hydroxylation is 2. The third kappa shape index (κ3) is 3.46. The van der Waals surface area contributed by atoms with Gasteiger partial charge in [0.2, 0.25) is 0 Å². The molecule has 1 aromatic rings. The Kier molecular flexibility index (Phi) is 5.16. The van der Waals surface area contributed by atoms with Crippen LogP contribution in [0.1, 0.15) is 31.5 Å². The normalized spacial score (nSPS) is 13.0. The minimum absolute atomic E-state index is 0.0136. The van der Waals surface area contributed by atoms with Gasteiger partial charge in [-0.3, -0.25) is 14.4 Å². The number of carbonyl (C=O) groups is 1. The van der Waals surface area contributed by atoms with Crippen LogP contribution in [-0.2, 0) is 18.4 Å². The van der Waals surface area contributed by atoms with E-state index in [2.05, 4.69) is 5.10 Å². The van der Waals surface area contributed by atoms with Crippen LogP contribution in [0.2, 0.25) is 5.15 Å². The summed E-state index contributed by atoms with van der Waals surface area (Å²) in [6, 6.07) is 0.191. The van der Waals surface area contributed by atoms with Crippen molar-refractivity contribution in [3.8, 4) is 0 Å². The molecule has 102 valence electrons. The second kappa shape index (κ2) is 6.20. The molecule has 0 aliphatic rings. The van der Waals surface area contributed by atoms with Gasteiger partial charge in [-0.15, -0.1) is 0 Å². The number of halogens is 1. The van der Waals surface area contributed by atoms with Crippen LogP contribution < -0.4 is 0 Å². The van der Waals surface area contributed by atoms with Crippen molar-refractivity contribution in [3.63, 3.8) is 0 Å². The van der Waals surface area contributed by atoms with E-state index in [1.807, 2.05) is 25.7 Å². The maximum absolute atomic E-state index is 10.9. The van der Waals surface area contributed by atoms with Gasteiger partial charge in [-0.1, -0.05) is 18.5 Å². The Labute approximate surface area is 112 Å². The van der Waals surface area contributed by atoms with Crippen LogP contribution >= 0.6 is 11.6 Å². The molecule has 0 spiro atoms. The lowest BCUT2D eigenvalue weighted by molar-refractivity contribution is -0.139. The number of carboxylic acids is 1. The lowest BCUT2D eigenvalue weighted by atomic mass is 10.1. The van der Waals surface area contributed by atoms with Gasteiger partial charge in [-0.2, -0.15) is 5.10 Å². The Hall–Kier alpha value is -1.07. The Morgan fingerprint density at radius 1 is 1.61 bits per heavy atom. The monoisotopic (exact) mass is 273 g/mol. The Morgan fingerprint density at radius 2 is 2.22 bits per heavy atom. The predicted octanol–water partition coefficient (Wildman–Crippen LogP) is 2.07. The highest BCUT2D eigenvalue weighted by molar-refractivity contribution is 6.30. The first-order chi connectivity index (χ1) is 8.36. The summed E-state index contributed by atoms with van der Waals surface area (Å²) in [5.41, 5.74) is 1.75. The van der Waals surface area contributed by atoms with Crippen molar-refractivity contribution in [2.24, 2.45) is 7.05 Å². The largest absolute Gasteiger partial charge is 0.480 e. The zero-order valence-corrected chi connectivity index (χ0v) is 12.0. The zero-order chi connectivity index (χ0) is 13.9. The highest BCUT2D eigenvalue weighted by Gasteiger charge is 2.20. The van der Waals surface area contributed by atoms with Gasteiger partial charge in [-0.05, 0) is 20.3 Å². The quantitative estimate of drug-likeness (QED) is 0.862. The maximum Gasteiger partial charge on any atom is 0.317 e. The van der Waals surface area contributed by atoms with Gasteiger partial charge < -0.3 is 5.11 Å². The number of aliphatic carboxylic acids is 1. The molecule has 0 aliphatic heterocycles. The number of rotatable bonds is 6. The highest BCUT2D eigenvalue weighted by Crippen LogP contribution is 2.21. The van der Waals surface area contributed by atoms with E-state index in [0.29, 0.717) is 11.7 Å². The van der Waals surface area contributed by atoms with Crippen LogP contribution in [0.3, 0.4) is 0 Å². The van der Waals surface area contributed by atoms with Crippen LogP contribution in [0.5, 0.6) is 0 Å². The van der Waals surface area contributed by atoms with Crippen molar-refractivity contribution in [2.45, 2.75) is 39.8 Å². The van der Waals surface area contributed by atoms with E-state index in [9.17, 15) is 4.79 Å². The molecule has 5 nitrogen and oxygen atoms in total. The molecule has 0 radical (unpaired) electrons. The molecule has 0 amide bonds. The summed E-state index contributed by atoms with van der Waals surface area (Å²) < 4.78 is 1.61. The fourth-order valence-electron chi connectivity index (χ4n) is 1.86. The molecule has 0 fully saturated rings. The van der Waals surface area contributed by atoms with Crippen molar-refractivity contribution in [1.29, 1.82) is 0 Å². The minimum Gasteiger partial charge on any atom is -0.480 e. The van der Waals surface area contributed by atoms with E-state index >= 15 is 0 Å². The van der Waals surface area contributed by atoms with Crippen molar-refractivity contribution >= 4 is 17.6 Å². The molecule has 0 aromatic carbocycles. The van der Waals surface area contributed by atoms with Gasteiger partial charge in [0.1, 0.15) is 5.15 Å². The minimum atomic E-state index is -0.826. The van der Waals surface area contributed by atoms with Crippen molar-refractivity contribution in [3.05, 3.63) is 16.4 Å². The Morgan fingerprint density at radius 3 is 2.61 bits per heavy atom. The van der Waals surface area contributed by atoms with E-state index in [4.69, 9.17) is 16.7 Å². The topological polar surface area (TPSA) is 58.4 Å². The summed E-state index contributed by atoms with van der Waals surface area (Å²) in [4.78, 5) is 12.8. The summed E-state index contributed by atoms with van der Waals surface area (Å²) in [6.07, 6.45) is 0.893. The molecule has 6 heteroatoms. The molecule has 1 atom stereocenters. The lowest BCUT2D eigenvalue weighted by Gasteiger charge is -2.26. The number of hydrogen-bond donors (Lipinski definition) is 1. The van der Waals surface area contributed by atoms with Gasteiger partial charge in [0.25, 0.3) is 0 Å². The Bertz CT molecular complexity index is 431. The molecule has 1 N–H and O–H groups in total. The molecular weight excluding hydrogens is 254 g/mol. The summed E-state index contributed by atoms with van der Waals surface area (Å²) >= 11 is 6.17. The number of nitrogens with zero attached hydrogens (tertiary/aromatic N) is 3. The average Bonchev–Trinajstić information content (AvgIpc) is 2.53. The van der Waals surface area contributed by atoms with Crippen LogP contribution in [0.25, 0.3) is 0 Å². The van der Waals surface area contributed by atoms with Gasteiger partial charge in [0.05, 0.1) is 12.2 Å². The van der Waals surface area contributed by atoms with Crippen molar-refractivity contribution < 1.29 is 9.90 Å². The van der Waals surface area contributed by atoms with Crippen LogP contribution in [0.15, 0.2) is 0 Å². The lowest BCUT2D eigenvalue weighted by Crippen LogP contribution is -2.36. The summed E-state index contributed by atoms with van der Waals surface area (Å²) in [5.74, 6) is -0.826. The van der Waals surface area contributed by atoms with E-state index in [-0.39, 0.29) is 12.6 Å². The summed E-state index contributed by atoms with van der Waals surface area (Å²) in [6.45, 7) is 6.47. The van der Waals surface area contributed by atoms with Gasteiger partial charge in [-0.25, -0.2) is 0 Å². The molecule has 18 heavy (non-hydrogen) atoms. The van der Waals surface area contributed by atoms with Crippen molar-refractivity contribution in [2.75, 3.05) is 6.54 Å².